The molecule has 0 amide bonds. The minimum Gasteiger partial charge on any atom is -0.463 e. The number of aromatic nitrogens is 3. The lowest BCUT2D eigenvalue weighted by Crippen LogP contribution is -2.47. The lowest BCUT2D eigenvalue weighted by Gasteiger charge is -2.36. The van der Waals surface area contributed by atoms with Gasteiger partial charge >= 0.3 is 6.01 Å². The Labute approximate surface area is 183 Å². The van der Waals surface area contributed by atoms with Crippen LogP contribution in [0.3, 0.4) is 0 Å². The average Bonchev–Trinajstić information content (AvgIpc) is 2.80. The van der Waals surface area contributed by atoms with Crippen LogP contribution in [0.2, 0.25) is 5.02 Å². The zero-order chi connectivity index (χ0) is 20.8. The zero-order valence-corrected chi connectivity index (χ0v) is 18.3. The molecular formula is C21H30ClN7O. The number of benzene rings is 1. The monoisotopic (exact) mass is 431 g/mol. The van der Waals surface area contributed by atoms with E-state index in [2.05, 4.69) is 49.0 Å². The van der Waals surface area contributed by atoms with Crippen molar-refractivity contribution in [2.24, 2.45) is 0 Å². The highest BCUT2D eigenvalue weighted by molar-refractivity contribution is 6.30. The molecule has 0 bridgehead atoms. The highest BCUT2D eigenvalue weighted by atomic mass is 35.5. The molecule has 2 aliphatic heterocycles. The smallest absolute Gasteiger partial charge is 0.323 e. The van der Waals surface area contributed by atoms with Gasteiger partial charge in [0.05, 0.1) is 6.61 Å². The fourth-order valence-electron chi connectivity index (χ4n) is 3.67. The molecule has 2 saturated heterocycles. The van der Waals surface area contributed by atoms with Crippen LogP contribution in [-0.2, 0) is 0 Å². The number of ether oxygens (including phenoxy) is 1. The van der Waals surface area contributed by atoms with Crippen molar-refractivity contribution in [3.05, 3.63) is 29.3 Å². The summed E-state index contributed by atoms with van der Waals surface area (Å²) in [6, 6.07) is 8.46. The van der Waals surface area contributed by atoms with Gasteiger partial charge in [0.1, 0.15) is 0 Å². The van der Waals surface area contributed by atoms with Gasteiger partial charge in [0, 0.05) is 63.1 Å². The first kappa shape index (κ1) is 20.9. The van der Waals surface area contributed by atoms with Gasteiger partial charge in [0.25, 0.3) is 0 Å². The van der Waals surface area contributed by atoms with E-state index in [0.29, 0.717) is 24.5 Å². The fourth-order valence-corrected chi connectivity index (χ4v) is 3.80. The molecule has 2 fully saturated rings. The van der Waals surface area contributed by atoms with Gasteiger partial charge in [-0.25, -0.2) is 0 Å². The van der Waals surface area contributed by atoms with Crippen molar-refractivity contribution in [3.63, 3.8) is 0 Å². The van der Waals surface area contributed by atoms with Gasteiger partial charge in [-0.15, -0.1) is 0 Å². The van der Waals surface area contributed by atoms with E-state index in [1.165, 1.54) is 5.69 Å². The fraction of sp³-hybridized carbons (Fsp3) is 0.571. The van der Waals surface area contributed by atoms with E-state index in [1.807, 2.05) is 12.1 Å². The second-order valence-corrected chi connectivity index (χ2v) is 8.04. The van der Waals surface area contributed by atoms with E-state index in [0.717, 1.165) is 70.2 Å². The van der Waals surface area contributed by atoms with E-state index < -0.39 is 0 Å². The van der Waals surface area contributed by atoms with E-state index in [1.54, 1.807) is 0 Å². The second-order valence-electron chi connectivity index (χ2n) is 7.61. The molecule has 1 N–H and O–H groups in total. The number of rotatable bonds is 7. The lowest BCUT2D eigenvalue weighted by molar-refractivity contribution is 0.284. The summed E-state index contributed by atoms with van der Waals surface area (Å²) < 4.78 is 5.86. The van der Waals surface area contributed by atoms with Gasteiger partial charge in [-0.05, 0) is 30.7 Å². The first-order chi connectivity index (χ1) is 14.7. The first-order valence-electron chi connectivity index (χ1n) is 10.8. The molecule has 0 spiro atoms. The minimum atomic E-state index is 0.433. The Morgan fingerprint density at radius 2 is 1.47 bits per heavy atom. The number of anilines is 3. The van der Waals surface area contributed by atoms with Gasteiger partial charge in [0.15, 0.2) is 0 Å². The highest BCUT2D eigenvalue weighted by Gasteiger charge is 2.23. The van der Waals surface area contributed by atoms with Gasteiger partial charge in [-0.2, -0.15) is 15.0 Å². The predicted octanol–water partition coefficient (Wildman–Crippen LogP) is 2.44. The number of halogens is 1. The van der Waals surface area contributed by atoms with Crippen LogP contribution in [-0.4, -0.2) is 73.9 Å². The summed E-state index contributed by atoms with van der Waals surface area (Å²) in [7, 11) is 0. The van der Waals surface area contributed by atoms with Crippen molar-refractivity contribution in [1.29, 1.82) is 0 Å². The normalized spacial score (nSPS) is 17.3. The molecule has 0 aliphatic carbocycles. The summed E-state index contributed by atoms with van der Waals surface area (Å²) >= 11 is 6.02. The Kier molecular flexibility index (Phi) is 7.07. The van der Waals surface area contributed by atoms with Crippen molar-refractivity contribution in [2.45, 2.75) is 19.8 Å². The number of piperazine rings is 2. The van der Waals surface area contributed by atoms with Crippen LogP contribution in [0.15, 0.2) is 24.3 Å². The Hall–Kier alpha value is -2.32. The van der Waals surface area contributed by atoms with Crippen molar-refractivity contribution >= 4 is 29.2 Å². The van der Waals surface area contributed by atoms with Gasteiger partial charge in [-0.3, -0.25) is 0 Å². The van der Waals surface area contributed by atoms with Crippen LogP contribution in [0.25, 0.3) is 0 Å². The highest BCUT2D eigenvalue weighted by Crippen LogP contribution is 2.23. The second kappa shape index (κ2) is 10.1. The van der Waals surface area contributed by atoms with Crippen molar-refractivity contribution in [2.75, 3.05) is 73.7 Å². The summed E-state index contributed by atoms with van der Waals surface area (Å²) in [5.74, 6) is 1.42. The van der Waals surface area contributed by atoms with Gasteiger partial charge in [-0.1, -0.05) is 24.9 Å². The molecule has 3 heterocycles. The first-order valence-corrected chi connectivity index (χ1v) is 11.2. The van der Waals surface area contributed by atoms with E-state index >= 15 is 0 Å². The van der Waals surface area contributed by atoms with Crippen LogP contribution in [0, 0.1) is 0 Å². The number of hydrogen-bond donors (Lipinski definition) is 1. The number of nitrogens with one attached hydrogen (secondary N) is 1. The third kappa shape index (κ3) is 5.23. The Morgan fingerprint density at radius 1 is 0.867 bits per heavy atom. The SMILES string of the molecule is CCCCOc1nc(N2CCNCC2)nc(N2CCN(c3ccc(Cl)cc3)CC2)n1. The molecule has 1 aromatic heterocycles. The third-order valence-electron chi connectivity index (χ3n) is 5.47. The Bertz CT molecular complexity index is 806. The molecule has 162 valence electrons. The molecule has 0 unspecified atom stereocenters. The largest absolute Gasteiger partial charge is 0.463 e. The van der Waals surface area contributed by atoms with Crippen LogP contribution in [0.5, 0.6) is 6.01 Å². The Balaban J connectivity index is 1.47. The summed E-state index contributed by atoms with van der Waals surface area (Å²) in [6.45, 7) is 9.94. The molecule has 2 aliphatic rings. The molecule has 1 aromatic carbocycles. The standard InChI is InChI=1S/C21H30ClN7O/c1-2-3-16-30-21-25-19(28-10-8-23-9-11-28)24-20(26-21)29-14-12-27(13-15-29)18-6-4-17(22)5-7-18/h4-7,23H,2-3,8-16H2,1H3. The van der Waals surface area contributed by atoms with E-state index in [4.69, 9.17) is 21.3 Å². The maximum absolute atomic E-state index is 6.02. The molecule has 2 aromatic rings. The summed E-state index contributed by atoms with van der Waals surface area (Å²) in [4.78, 5) is 20.8. The van der Waals surface area contributed by atoms with Crippen LogP contribution < -0.4 is 24.8 Å². The Morgan fingerprint density at radius 3 is 2.10 bits per heavy atom. The molecule has 30 heavy (non-hydrogen) atoms. The number of unbranched alkanes of at least 4 members (excludes halogenated alkanes) is 1. The van der Waals surface area contributed by atoms with Crippen molar-refractivity contribution in [3.8, 4) is 6.01 Å². The molecule has 8 nitrogen and oxygen atoms in total. The van der Waals surface area contributed by atoms with Crippen LogP contribution >= 0.6 is 11.6 Å². The summed E-state index contributed by atoms with van der Waals surface area (Å²) in [6.07, 6.45) is 2.07. The summed E-state index contributed by atoms with van der Waals surface area (Å²) in [5.41, 5.74) is 1.19. The van der Waals surface area contributed by atoms with E-state index in [9.17, 15) is 0 Å². The minimum absolute atomic E-state index is 0.433. The molecular weight excluding hydrogens is 402 g/mol. The van der Waals surface area contributed by atoms with Crippen LogP contribution in [0.1, 0.15) is 19.8 Å². The zero-order valence-electron chi connectivity index (χ0n) is 17.6. The quantitative estimate of drug-likeness (QED) is 0.670. The molecule has 4 rings (SSSR count). The maximum Gasteiger partial charge on any atom is 0.323 e. The van der Waals surface area contributed by atoms with Crippen LogP contribution in [0.4, 0.5) is 17.6 Å². The predicted molar refractivity (Wildman–Crippen MR) is 121 cm³/mol. The van der Waals surface area contributed by atoms with Gasteiger partial charge < -0.3 is 24.8 Å². The molecule has 0 radical (unpaired) electrons. The molecule has 0 saturated carbocycles. The molecule has 9 heteroatoms. The number of nitrogens with zero attached hydrogens (tertiary/aromatic N) is 6. The summed E-state index contributed by atoms with van der Waals surface area (Å²) in [5, 5.41) is 4.14. The average molecular weight is 432 g/mol. The van der Waals surface area contributed by atoms with Crippen molar-refractivity contribution < 1.29 is 4.74 Å². The number of hydrogen-bond acceptors (Lipinski definition) is 8. The van der Waals surface area contributed by atoms with Gasteiger partial charge in [0.2, 0.25) is 11.9 Å². The third-order valence-corrected chi connectivity index (χ3v) is 5.73. The van der Waals surface area contributed by atoms with Crippen molar-refractivity contribution in [1.82, 2.24) is 20.3 Å². The maximum atomic E-state index is 6.02. The van der Waals surface area contributed by atoms with E-state index in [-0.39, 0.29) is 0 Å². The topological polar surface area (TPSA) is 69.7 Å². The lowest BCUT2D eigenvalue weighted by atomic mass is 10.2. The molecule has 0 atom stereocenters.